The fourth-order valence-electron chi connectivity index (χ4n) is 2.46. The Balaban J connectivity index is 1.71. The van der Waals surface area contributed by atoms with Crippen molar-refractivity contribution in [3.05, 3.63) is 35.0 Å². The van der Waals surface area contributed by atoms with Gasteiger partial charge in [0.25, 0.3) is 0 Å². The topological polar surface area (TPSA) is 58.9 Å². The molecular weight excluding hydrogens is 288 g/mol. The molecule has 0 saturated heterocycles. The Morgan fingerprint density at radius 1 is 1.38 bits per heavy atom. The number of hydrogen-bond acceptors (Lipinski definition) is 5. The number of rotatable bonds is 5. The van der Waals surface area contributed by atoms with Crippen molar-refractivity contribution in [3.63, 3.8) is 0 Å². The molecule has 2 aromatic rings. The third kappa shape index (κ3) is 3.16. The van der Waals surface area contributed by atoms with Crippen molar-refractivity contribution >= 4 is 17.4 Å². The summed E-state index contributed by atoms with van der Waals surface area (Å²) in [5, 5.41) is 12.1. The smallest absolute Gasteiger partial charge is 0.152 e. The van der Waals surface area contributed by atoms with Gasteiger partial charge in [-0.3, -0.25) is 0 Å². The molecular formula is C14H19ClN6. The third-order valence-electron chi connectivity index (χ3n) is 3.57. The fraction of sp³-hybridized carbons (Fsp3) is 0.500. The second-order valence-electron chi connectivity index (χ2n) is 5.19. The van der Waals surface area contributed by atoms with Gasteiger partial charge in [-0.15, -0.1) is 10.2 Å². The molecule has 0 saturated carbocycles. The highest BCUT2D eigenvalue weighted by molar-refractivity contribution is 6.33. The summed E-state index contributed by atoms with van der Waals surface area (Å²) in [4.78, 5) is 6.68. The first-order valence-corrected chi connectivity index (χ1v) is 7.62. The van der Waals surface area contributed by atoms with Gasteiger partial charge >= 0.3 is 0 Å². The van der Waals surface area contributed by atoms with E-state index in [0.29, 0.717) is 11.6 Å². The highest BCUT2D eigenvalue weighted by Gasteiger charge is 2.20. The number of nitrogens with one attached hydrogen (secondary N) is 1. The van der Waals surface area contributed by atoms with E-state index in [1.54, 1.807) is 6.33 Å². The Morgan fingerprint density at radius 2 is 2.29 bits per heavy atom. The molecule has 0 spiro atoms. The zero-order chi connectivity index (χ0) is 14.7. The summed E-state index contributed by atoms with van der Waals surface area (Å²) >= 11 is 6.40. The molecule has 0 aliphatic carbocycles. The molecule has 3 rings (SSSR count). The van der Waals surface area contributed by atoms with E-state index in [9.17, 15) is 0 Å². The van der Waals surface area contributed by atoms with Crippen LogP contribution < -0.4 is 10.2 Å². The van der Waals surface area contributed by atoms with Crippen molar-refractivity contribution in [3.8, 4) is 0 Å². The first-order valence-electron chi connectivity index (χ1n) is 7.24. The van der Waals surface area contributed by atoms with Crippen LogP contribution in [0.2, 0.25) is 5.02 Å². The van der Waals surface area contributed by atoms with Gasteiger partial charge in [-0.2, -0.15) is 0 Å². The zero-order valence-electron chi connectivity index (χ0n) is 12.1. The van der Waals surface area contributed by atoms with Crippen LogP contribution in [-0.2, 0) is 19.6 Å². The van der Waals surface area contributed by atoms with E-state index >= 15 is 0 Å². The second kappa shape index (κ2) is 6.41. The van der Waals surface area contributed by atoms with E-state index in [2.05, 4.69) is 36.9 Å². The normalized spacial score (nSPS) is 14.3. The van der Waals surface area contributed by atoms with Crippen LogP contribution in [0.25, 0.3) is 0 Å². The average Bonchev–Trinajstić information content (AvgIpc) is 2.95. The van der Waals surface area contributed by atoms with Crippen LogP contribution in [0.1, 0.15) is 24.7 Å². The largest absolute Gasteiger partial charge is 0.346 e. The van der Waals surface area contributed by atoms with E-state index in [4.69, 9.17) is 11.6 Å². The molecule has 0 bridgehead atoms. The molecule has 7 heteroatoms. The van der Waals surface area contributed by atoms with Gasteiger partial charge in [0.05, 0.1) is 11.6 Å². The number of aromatic nitrogens is 4. The van der Waals surface area contributed by atoms with Gasteiger partial charge in [0, 0.05) is 25.8 Å². The summed E-state index contributed by atoms with van der Waals surface area (Å²) in [6, 6.07) is 1.99. The van der Waals surface area contributed by atoms with E-state index < -0.39 is 0 Å². The molecule has 2 aromatic heterocycles. The molecule has 0 amide bonds. The quantitative estimate of drug-likeness (QED) is 0.854. The Kier molecular flexibility index (Phi) is 4.36. The first-order chi connectivity index (χ1) is 10.3. The molecule has 21 heavy (non-hydrogen) atoms. The van der Waals surface area contributed by atoms with Gasteiger partial charge in [-0.25, -0.2) is 4.98 Å². The van der Waals surface area contributed by atoms with Crippen molar-refractivity contribution in [2.75, 3.05) is 18.0 Å². The van der Waals surface area contributed by atoms with Crippen molar-refractivity contribution in [2.24, 2.45) is 0 Å². The predicted molar refractivity (Wildman–Crippen MR) is 82.3 cm³/mol. The van der Waals surface area contributed by atoms with Gasteiger partial charge in [0.2, 0.25) is 0 Å². The standard InChI is InChI=1S/C14H19ClN6/c1-2-3-16-7-11-6-12(15)14(17-8-11)20-4-5-21-10-18-19-13(21)9-20/h6,8,10,16H,2-5,7,9H2,1H3. The van der Waals surface area contributed by atoms with Crippen molar-refractivity contribution in [2.45, 2.75) is 33.0 Å². The molecule has 0 atom stereocenters. The van der Waals surface area contributed by atoms with Crippen LogP contribution in [0.3, 0.4) is 0 Å². The van der Waals surface area contributed by atoms with Crippen LogP contribution >= 0.6 is 11.6 Å². The Bertz CT molecular complexity index is 611. The maximum atomic E-state index is 6.40. The van der Waals surface area contributed by atoms with Gasteiger partial charge in [0.1, 0.15) is 12.1 Å². The van der Waals surface area contributed by atoms with Gasteiger partial charge in [-0.1, -0.05) is 18.5 Å². The molecule has 112 valence electrons. The summed E-state index contributed by atoms with van der Waals surface area (Å²) in [6.07, 6.45) is 4.78. The Morgan fingerprint density at radius 3 is 3.10 bits per heavy atom. The number of fused-ring (bicyclic) bond motifs is 1. The van der Waals surface area contributed by atoms with Crippen LogP contribution in [0.4, 0.5) is 5.82 Å². The van der Waals surface area contributed by atoms with Gasteiger partial charge < -0.3 is 14.8 Å². The van der Waals surface area contributed by atoms with Crippen LogP contribution in [-0.4, -0.2) is 32.8 Å². The van der Waals surface area contributed by atoms with E-state index in [1.807, 2.05) is 12.3 Å². The molecule has 6 nitrogen and oxygen atoms in total. The molecule has 0 unspecified atom stereocenters. The molecule has 0 aromatic carbocycles. The lowest BCUT2D eigenvalue weighted by molar-refractivity contribution is 0.556. The lowest BCUT2D eigenvalue weighted by Crippen LogP contribution is -2.34. The maximum Gasteiger partial charge on any atom is 0.152 e. The Hall–Kier alpha value is -1.66. The van der Waals surface area contributed by atoms with Crippen LogP contribution in [0.5, 0.6) is 0 Å². The molecule has 0 fully saturated rings. The van der Waals surface area contributed by atoms with E-state index in [0.717, 1.165) is 49.8 Å². The lowest BCUT2D eigenvalue weighted by Gasteiger charge is -2.28. The van der Waals surface area contributed by atoms with Crippen LogP contribution in [0, 0.1) is 0 Å². The van der Waals surface area contributed by atoms with Gasteiger partial charge in [-0.05, 0) is 24.6 Å². The monoisotopic (exact) mass is 306 g/mol. The number of anilines is 1. The number of nitrogens with zero attached hydrogens (tertiary/aromatic N) is 5. The summed E-state index contributed by atoms with van der Waals surface area (Å²) in [5.74, 6) is 1.78. The Labute approximate surface area is 129 Å². The first kappa shape index (κ1) is 14.3. The highest BCUT2D eigenvalue weighted by atomic mass is 35.5. The predicted octanol–water partition coefficient (Wildman–Crippen LogP) is 1.85. The minimum atomic E-state index is 0.693. The number of halogens is 1. The molecule has 1 aliphatic rings. The third-order valence-corrected chi connectivity index (χ3v) is 3.85. The summed E-state index contributed by atoms with van der Waals surface area (Å²) in [7, 11) is 0. The minimum absolute atomic E-state index is 0.693. The highest BCUT2D eigenvalue weighted by Crippen LogP contribution is 2.26. The molecule has 0 radical (unpaired) electrons. The second-order valence-corrected chi connectivity index (χ2v) is 5.60. The van der Waals surface area contributed by atoms with Gasteiger partial charge in [0.15, 0.2) is 5.82 Å². The zero-order valence-corrected chi connectivity index (χ0v) is 12.8. The summed E-state index contributed by atoms with van der Waals surface area (Å²) < 4.78 is 2.06. The number of hydrogen-bond donors (Lipinski definition) is 1. The lowest BCUT2D eigenvalue weighted by atomic mass is 10.2. The van der Waals surface area contributed by atoms with Crippen molar-refractivity contribution in [1.29, 1.82) is 0 Å². The molecule has 1 aliphatic heterocycles. The maximum absolute atomic E-state index is 6.40. The van der Waals surface area contributed by atoms with Crippen molar-refractivity contribution < 1.29 is 0 Å². The fourth-order valence-corrected chi connectivity index (χ4v) is 2.76. The summed E-state index contributed by atoms with van der Waals surface area (Å²) in [5.41, 5.74) is 1.11. The van der Waals surface area contributed by atoms with E-state index in [1.165, 1.54) is 0 Å². The molecule has 1 N–H and O–H groups in total. The van der Waals surface area contributed by atoms with E-state index in [-0.39, 0.29) is 0 Å². The summed E-state index contributed by atoms with van der Waals surface area (Å²) in [6.45, 7) is 6.37. The van der Waals surface area contributed by atoms with Crippen molar-refractivity contribution in [1.82, 2.24) is 25.1 Å². The van der Waals surface area contributed by atoms with Crippen LogP contribution in [0.15, 0.2) is 18.6 Å². The average molecular weight is 307 g/mol. The molecule has 3 heterocycles. The SMILES string of the molecule is CCCNCc1cnc(N2CCn3cnnc3C2)c(Cl)c1. The number of pyridine rings is 1. The minimum Gasteiger partial charge on any atom is -0.346 e.